The second-order valence-corrected chi connectivity index (χ2v) is 10.0. The minimum atomic E-state index is 0.627. The molecule has 4 nitrogen and oxygen atoms in total. The summed E-state index contributed by atoms with van der Waals surface area (Å²) in [4.78, 5) is 14.5. The topological polar surface area (TPSA) is 62.5 Å². The number of aromatic nitrogens is 3. The first-order valence-corrected chi connectivity index (χ1v) is 13.8. The van der Waals surface area contributed by atoms with E-state index < -0.39 is 0 Å². The Morgan fingerprint density at radius 1 is 0.405 bits per heavy atom. The summed E-state index contributed by atoms with van der Waals surface area (Å²) in [5, 5.41) is 11.9. The summed E-state index contributed by atoms with van der Waals surface area (Å²) < 4.78 is 0. The van der Waals surface area contributed by atoms with E-state index in [1.807, 2.05) is 84.9 Å². The molecular weight excluding hydrogens is 512 g/mol. The van der Waals surface area contributed by atoms with Crippen LogP contribution in [0.2, 0.25) is 0 Å². The van der Waals surface area contributed by atoms with Crippen LogP contribution in [0, 0.1) is 11.3 Å². The number of hydrogen-bond acceptors (Lipinski definition) is 4. The molecule has 7 rings (SSSR count). The second-order valence-electron chi connectivity index (χ2n) is 10.0. The van der Waals surface area contributed by atoms with Gasteiger partial charge in [-0.3, -0.25) is 0 Å². The lowest BCUT2D eigenvalue weighted by Crippen LogP contribution is -2.00. The third-order valence-electron chi connectivity index (χ3n) is 7.39. The van der Waals surface area contributed by atoms with Crippen molar-refractivity contribution in [3.63, 3.8) is 0 Å². The van der Waals surface area contributed by atoms with E-state index in [0.717, 1.165) is 49.7 Å². The van der Waals surface area contributed by atoms with Crippen LogP contribution in [-0.2, 0) is 0 Å². The molecular formula is C38H24N4. The molecule has 0 radical (unpaired) electrons. The van der Waals surface area contributed by atoms with Crippen molar-refractivity contribution in [1.29, 1.82) is 5.26 Å². The van der Waals surface area contributed by atoms with Crippen molar-refractivity contribution in [3.8, 4) is 62.5 Å². The van der Waals surface area contributed by atoms with Gasteiger partial charge in [0.25, 0.3) is 0 Å². The fourth-order valence-electron chi connectivity index (χ4n) is 5.26. The number of rotatable bonds is 5. The normalized spacial score (nSPS) is 10.8. The highest BCUT2D eigenvalue weighted by Gasteiger charge is 2.13. The van der Waals surface area contributed by atoms with Crippen LogP contribution >= 0.6 is 0 Å². The summed E-state index contributed by atoms with van der Waals surface area (Å²) in [6.45, 7) is 0. The standard InChI is InChI=1S/C38H24N4/c39-25-32-14-7-8-16-33(32)31-23-20-26-15-9-17-34(35(26)24-31)27-18-21-30(22-19-27)38-41-36(28-10-3-1-4-11-28)40-37(42-38)29-12-5-2-6-13-29/h1-24H. The molecule has 196 valence electrons. The Morgan fingerprint density at radius 2 is 0.905 bits per heavy atom. The van der Waals surface area contributed by atoms with E-state index in [1.54, 1.807) is 0 Å². The van der Waals surface area contributed by atoms with Crippen LogP contribution in [0.4, 0.5) is 0 Å². The van der Waals surface area contributed by atoms with Crippen LogP contribution in [-0.4, -0.2) is 15.0 Å². The summed E-state index contributed by atoms with van der Waals surface area (Å²) in [5.74, 6) is 1.91. The van der Waals surface area contributed by atoms with Crippen LogP contribution in [0.25, 0.3) is 67.2 Å². The van der Waals surface area contributed by atoms with Crippen molar-refractivity contribution in [2.45, 2.75) is 0 Å². The summed E-state index contributed by atoms with van der Waals surface area (Å²) in [6, 6.07) is 51.2. The number of fused-ring (bicyclic) bond motifs is 1. The largest absolute Gasteiger partial charge is 0.208 e. The Labute approximate surface area is 244 Å². The number of benzene rings is 6. The van der Waals surface area contributed by atoms with Gasteiger partial charge in [-0.05, 0) is 45.2 Å². The van der Waals surface area contributed by atoms with Crippen LogP contribution in [0.3, 0.4) is 0 Å². The van der Waals surface area contributed by atoms with Gasteiger partial charge >= 0.3 is 0 Å². The maximum atomic E-state index is 9.65. The minimum absolute atomic E-state index is 0.627. The number of nitriles is 1. The number of nitrogens with zero attached hydrogens (tertiary/aromatic N) is 4. The third-order valence-corrected chi connectivity index (χ3v) is 7.39. The van der Waals surface area contributed by atoms with Gasteiger partial charge in [-0.1, -0.05) is 133 Å². The highest BCUT2D eigenvalue weighted by Crippen LogP contribution is 2.34. The van der Waals surface area contributed by atoms with Crippen molar-refractivity contribution < 1.29 is 0 Å². The van der Waals surface area contributed by atoms with Crippen molar-refractivity contribution in [2.75, 3.05) is 0 Å². The molecule has 0 N–H and O–H groups in total. The van der Waals surface area contributed by atoms with Gasteiger partial charge in [0, 0.05) is 16.7 Å². The molecule has 0 aliphatic rings. The molecule has 0 amide bonds. The molecule has 1 aromatic heterocycles. The van der Waals surface area contributed by atoms with Crippen LogP contribution in [0.15, 0.2) is 146 Å². The molecule has 1 heterocycles. The van der Waals surface area contributed by atoms with Crippen molar-refractivity contribution in [3.05, 3.63) is 151 Å². The van der Waals surface area contributed by atoms with E-state index in [1.165, 1.54) is 0 Å². The molecule has 6 aromatic carbocycles. The monoisotopic (exact) mass is 536 g/mol. The van der Waals surface area contributed by atoms with Gasteiger partial charge in [0.2, 0.25) is 0 Å². The van der Waals surface area contributed by atoms with Crippen molar-refractivity contribution in [2.24, 2.45) is 0 Å². The zero-order chi connectivity index (χ0) is 28.3. The molecule has 0 bridgehead atoms. The Bertz CT molecular complexity index is 2020. The van der Waals surface area contributed by atoms with Gasteiger partial charge in [-0.25, -0.2) is 15.0 Å². The maximum absolute atomic E-state index is 9.65. The van der Waals surface area contributed by atoms with Crippen molar-refractivity contribution >= 4 is 10.8 Å². The second kappa shape index (κ2) is 10.9. The summed E-state index contributed by atoms with van der Waals surface area (Å²) in [6.07, 6.45) is 0. The van der Waals surface area contributed by atoms with Crippen LogP contribution in [0.5, 0.6) is 0 Å². The molecule has 0 atom stereocenters. The average molecular weight is 537 g/mol. The van der Waals surface area contributed by atoms with Gasteiger partial charge in [-0.15, -0.1) is 0 Å². The molecule has 0 unspecified atom stereocenters. The first-order chi connectivity index (χ1) is 20.8. The number of hydrogen-bond donors (Lipinski definition) is 0. The molecule has 0 fully saturated rings. The molecule has 0 aliphatic heterocycles. The Kier molecular flexibility index (Phi) is 6.52. The lowest BCUT2D eigenvalue weighted by atomic mass is 9.93. The van der Waals surface area contributed by atoms with Gasteiger partial charge in [0.15, 0.2) is 17.5 Å². The molecule has 0 spiro atoms. The molecule has 4 heteroatoms. The molecule has 0 saturated carbocycles. The first kappa shape index (κ1) is 25.1. The minimum Gasteiger partial charge on any atom is -0.208 e. The molecule has 0 saturated heterocycles. The van der Waals surface area contributed by atoms with E-state index in [4.69, 9.17) is 15.0 Å². The smallest absolute Gasteiger partial charge is 0.164 e. The SMILES string of the molecule is N#Cc1ccccc1-c1ccc2cccc(-c3ccc(-c4nc(-c5ccccc5)nc(-c5ccccc5)n4)cc3)c2c1. The van der Waals surface area contributed by atoms with E-state index in [9.17, 15) is 5.26 Å². The molecule has 0 aliphatic carbocycles. The summed E-state index contributed by atoms with van der Waals surface area (Å²) in [5.41, 5.74) is 7.65. The predicted octanol–water partition coefficient (Wildman–Crippen LogP) is 9.23. The van der Waals surface area contributed by atoms with Crippen molar-refractivity contribution in [1.82, 2.24) is 15.0 Å². The van der Waals surface area contributed by atoms with Gasteiger partial charge in [-0.2, -0.15) is 5.26 Å². The Balaban J connectivity index is 1.31. The lowest BCUT2D eigenvalue weighted by molar-refractivity contribution is 1.07. The van der Waals surface area contributed by atoms with Gasteiger partial charge in [0.05, 0.1) is 11.6 Å². The van der Waals surface area contributed by atoms with Crippen LogP contribution < -0.4 is 0 Å². The van der Waals surface area contributed by atoms with Crippen LogP contribution in [0.1, 0.15) is 5.56 Å². The van der Waals surface area contributed by atoms with Gasteiger partial charge in [0.1, 0.15) is 0 Å². The first-order valence-electron chi connectivity index (χ1n) is 13.8. The van der Waals surface area contributed by atoms with E-state index in [-0.39, 0.29) is 0 Å². The maximum Gasteiger partial charge on any atom is 0.164 e. The Hall–Kier alpha value is -5.92. The lowest BCUT2D eigenvalue weighted by Gasteiger charge is -2.11. The van der Waals surface area contributed by atoms with E-state index in [0.29, 0.717) is 23.0 Å². The fourth-order valence-corrected chi connectivity index (χ4v) is 5.26. The third kappa shape index (κ3) is 4.81. The zero-order valence-electron chi connectivity index (χ0n) is 22.6. The average Bonchev–Trinajstić information content (AvgIpc) is 3.08. The highest BCUT2D eigenvalue weighted by atomic mass is 15.0. The van der Waals surface area contributed by atoms with E-state index in [2.05, 4.69) is 66.7 Å². The summed E-state index contributed by atoms with van der Waals surface area (Å²) >= 11 is 0. The molecule has 7 aromatic rings. The fraction of sp³-hybridized carbons (Fsp3) is 0. The summed E-state index contributed by atoms with van der Waals surface area (Å²) in [7, 11) is 0. The highest BCUT2D eigenvalue weighted by molar-refractivity contribution is 5.99. The Morgan fingerprint density at radius 3 is 1.52 bits per heavy atom. The molecule has 42 heavy (non-hydrogen) atoms. The quantitative estimate of drug-likeness (QED) is 0.220. The zero-order valence-corrected chi connectivity index (χ0v) is 22.6. The van der Waals surface area contributed by atoms with Gasteiger partial charge < -0.3 is 0 Å². The van der Waals surface area contributed by atoms with E-state index >= 15 is 0 Å². The predicted molar refractivity (Wildman–Crippen MR) is 169 cm³/mol.